The van der Waals surface area contributed by atoms with E-state index >= 15 is 0 Å². The van der Waals surface area contributed by atoms with Gasteiger partial charge in [-0.25, -0.2) is 14.8 Å². The van der Waals surface area contributed by atoms with E-state index in [9.17, 15) is 18.0 Å². The van der Waals surface area contributed by atoms with E-state index in [1.807, 2.05) is 6.07 Å². The minimum Gasteiger partial charge on any atom is -0.328 e. The minimum absolute atomic E-state index is 0.114. The van der Waals surface area contributed by atoms with Gasteiger partial charge in [-0.1, -0.05) is 11.6 Å². The third-order valence-corrected chi connectivity index (χ3v) is 4.98. The highest BCUT2D eigenvalue weighted by molar-refractivity contribution is 9.10. The number of anilines is 1. The molecule has 31 heavy (non-hydrogen) atoms. The number of urea groups is 1. The van der Waals surface area contributed by atoms with Crippen molar-refractivity contribution in [3.8, 4) is 11.9 Å². The van der Waals surface area contributed by atoms with Crippen LogP contribution in [0.5, 0.6) is 0 Å². The molecule has 3 rings (SSSR count). The van der Waals surface area contributed by atoms with Gasteiger partial charge in [0.2, 0.25) is 0 Å². The third kappa shape index (κ3) is 5.12. The second-order valence-corrected chi connectivity index (χ2v) is 7.44. The van der Waals surface area contributed by atoms with E-state index in [4.69, 9.17) is 16.9 Å². The van der Waals surface area contributed by atoms with Gasteiger partial charge in [0.25, 0.3) is 0 Å². The van der Waals surface area contributed by atoms with Crippen molar-refractivity contribution in [2.24, 2.45) is 0 Å². The van der Waals surface area contributed by atoms with Crippen LogP contribution in [0.25, 0.3) is 5.82 Å². The van der Waals surface area contributed by atoms with E-state index in [0.717, 1.165) is 12.1 Å². The van der Waals surface area contributed by atoms with Crippen LogP contribution in [0.15, 0.2) is 41.3 Å². The van der Waals surface area contributed by atoms with Crippen LogP contribution in [0, 0.1) is 11.3 Å². The highest BCUT2D eigenvalue weighted by atomic mass is 79.9. The predicted octanol–water partition coefficient (Wildman–Crippen LogP) is 4.85. The molecule has 0 aliphatic carbocycles. The zero-order chi connectivity index (χ0) is 22.8. The first-order chi connectivity index (χ1) is 14.6. The summed E-state index contributed by atoms with van der Waals surface area (Å²) in [6.45, 7) is 1.61. The molecular weight excluding hydrogens is 503 g/mol. The smallest absolute Gasteiger partial charge is 0.328 e. The fraction of sp³-hybridized carbons (Fsp3) is 0.167. The van der Waals surface area contributed by atoms with Crippen molar-refractivity contribution in [1.82, 2.24) is 25.1 Å². The maximum atomic E-state index is 13.1. The van der Waals surface area contributed by atoms with Gasteiger partial charge in [0.05, 0.1) is 27.9 Å². The standard InChI is InChI=1S/C18H12BrClF3N7O/c1-9(16-26-8-27-30(16)15-3-2-10(6-24)7-25-15)28-17(31)29-14-4-11(18(21,22)23)13(20)5-12(14)19/h2-5,7-9H,1H3,(H2,28,29,31)/t9-/m0/s1. The first-order valence-corrected chi connectivity index (χ1v) is 9.67. The average molecular weight is 515 g/mol. The molecule has 0 saturated heterocycles. The van der Waals surface area contributed by atoms with Crippen LogP contribution in [-0.4, -0.2) is 25.8 Å². The Kier molecular flexibility index (Phi) is 6.47. The summed E-state index contributed by atoms with van der Waals surface area (Å²) in [7, 11) is 0. The molecule has 3 aromatic rings. The molecule has 13 heteroatoms. The van der Waals surface area contributed by atoms with Crippen molar-refractivity contribution in [3.63, 3.8) is 0 Å². The van der Waals surface area contributed by atoms with Crippen LogP contribution < -0.4 is 10.6 Å². The molecule has 1 aromatic carbocycles. The molecule has 2 amide bonds. The number of carbonyl (C=O) groups excluding carboxylic acids is 1. The van der Waals surface area contributed by atoms with E-state index in [-0.39, 0.29) is 10.2 Å². The molecule has 0 fully saturated rings. The van der Waals surface area contributed by atoms with Crippen molar-refractivity contribution in [2.75, 3.05) is 5.32 Å². The molecular formula is C18H12BrClF3N7O. The zero-order valence-corrected chi connectivity index (χ0v) is 17.9. The van der Waals surface area contributed by atoms with E-state index in [1.54, 1.807) is 19.1 Å². The maximum absolute atomic E-state index is 13.1. The second kappa shape index (κ2) is 8.91. The fourth-order valence-corrected chi connectivity index (χ4v) is 3.43. The number of pyridine rings is 1. The molecule has 8 nitrogen and oxygen atoms in total. The molecule has 0 spiro atoms. The lowest BCUT2D eigenvalue weighted by molar-refractivity contribution is -0.137. The Morgan fingerprint density at radius 3 is 2.68 bits per heavy atom. The SMILES string of the molecule is C[C@H](NC(=O)Nc1cc(C(F)(F)F)c(Cl)cc1Br)c1ncnn1-c1ccc(C#N)cn1. The zero-order valence-electron chi connectivity index (χ0n) is 15.6. The second-order valence-electron chi connectivity index (χ2n) is 6.18. The number of amides is 2. The molecule has 0 aliphatic rings. The largest absolute Gasteiger partial charge is 0.417 e. The lowest BCUT2D eigenvalue weighted by Crippen LogP contribution is -2.33. The van der Waals surface area contributed by atoms with Crippen LogP contribution in [-0.2, 0) is 6.18 Å². The summed E-state index contributed by atoms with van der Waals surface area (Å²) < 4.78 is 40.8. The van der Waals surface area contributed by atoms with E-state index in [2.05, 4.69) is 41.6 Å². The number of nitrogens with zero attached hydrogens (tertiary/aromatic N) is 5. The third-order valence-electron chi connectivity index (χ3n) is 4.01. The lowest BCUT2D eigenvalue weighted by Gasteiger charge is -2.17. The minimum atomic E-state index is -4.68. The van der Waals surface area contributed by atoms with Crippen LogP contribution >= 0.6 is 27.5 Å². The van der Waals surface area contributed by atoms with Crippen LogP contribution in [0.4, 0.5) is 23.7 Å². The lowest BCUT2D eigenvalue weighted by atomic mass is 10.2. The van der Waals surface area contributed by atoms with Crippen molar-refractivity contribution >= 4 is 39.2 Å². The maximum Gasteiger partial charge on any atom is 0.417 e. The van der Waals surface area contributed by atoms with Gasteiger partial charge in [-0.3, -0.25) is 0 Å². The number of nitrogens with one attached hydrogen (secondary N) is 2. The Balaban J connectivity index is 1.77. The van der Waals surface area contributed by atoms with E-state index in [1.165, 1.54) is 17.2 Å². The quantitative estimate of drug-likeness (QED) is 0.517. The molecule has 0 radical (unpaired) electrons. The number of halogens is 5. The summed E-state index contributed by atoms with van der Waals surface area (Å²) in [6.07, 6.45) is -2.05. The first kappa shape index (κ1) is 22.5. The normalized spacial score (nSPS) is 12.2. The van der Waals surface area contributed by atoms with Gasteiger partial charge in [-0.05, 0) is 47.1 Å². The number of nitriles is 1. The molecule has 2 heterocycles. The van der Waals surface area contributed by atoms with Crippen molar-refractivity contribution in [3.05, 3.63) is 63.2 Å². The predicted molar refractivity (Wildman–Crippen MR) is 109 cm³/mol. The summed E-state index contributed by atoms with van der Waals surface area (Å²) in [5.74, 6) is 0.689. The molecule has 0 bridgehead atoms. The molecule has 2 N–H and O–H groups in total. The van der Waals surface area contributed by atoms with Crippen LogP contribution in [0.1, 0.15) is 29.9 Å². The van der Waals surface area contributed by atoms with E-state index in [0.29, 0.717) is 17.2 Å². The Morgan fingerprint density at radius 2 is 2.06 bits per heavy atom. The van der Waals surface area contributed by atoms with Gasteiger partial charge in [-0.2, -0.15) is 28.2 Å². The van der Waals surface area contributed by atoms with Crippen LogP contribution in [0.3, 0.4) is 0 Å². The number of rotatable bonds is 4. The number of alkyl halides is 3. The van der Waals surface area contributed by atoms with Gasteiger partial charge in [0, 0.05) is 10.7 Å². The summed E-state index contributed by atoms with van der Waals surface area (Å²) >= 11 is 8.73. The van der Waals surface area contributed by atoms with E-state index < -0.39 is 28.8 Å². The van der Waals surface area contributed by atoms with Crippen molar-refractivity contribution < 1.29 is 18.0 Å². The summed E-state index contributed by atoms with van der Waals surface area (Å²) in [5, 5.41) is 17.4. The fourth-order valence-electron chi connectivity index (χ4n) is 2.58. The molecule has 0 unspecified atom stereocenters. The van der Waals surface area contributed by atoms with Gasteiger partial charge in [-0.15, -0.1) is 0 Å². The number of hydrogen-bond acceptors (Lipinski definition) is 5. The molecule has 2 aromatic heterocycles. The summed E-state index contributed by atoms with van der Waals surface area (Å²) in [5.41, 5.74) is -0.827. The Hall–Kier alpha value is -3.17. The Bertz CT molecular complexity index is 1160. The highest BCUT2D eigenvalue weighted by Crippen LogP contribution is 2.39. The average Bonchev–Trinajstić information content (AvgIpc) is 3.19. The van der Waals surface area contributed by atoms with Gasteiger partial charge >= 0.3 is 12.2 Å². The number of carbonyl (C=O) groups is 1. The number of aromatic nitrogens is 4. The van der Waals surface area contributed by atoms with Crippen molar-refractivity contribution in [2.45, 2.75) is 19.1 Å². The van der Waals surface area contributed by atoms with Crippen molar-refractivity contribution in [1.29, 1.82) is 5.26 Å². The first-order valence-electron chi connectivity index (χ1n) is 8.50. The van der Waals surface area contributed by atoms with Gasteiger partial charge < -0.3 is 10.6 Å². The van der Waals surface area contributed by atoms with Crippen LogP contribution in [0.2, 0.25) is 5.02 Å². The molecule has 0 saturated carbocycles. The number of hydrogen-bond donors (Lipinski definition) is 2. The topological polar surface area (TPSA) is 109 Å². The monoisotopic (exact) mass is 513 g/mol. The molecule has 1 atom stereocenters. The Labute approximate surface area is 187 Å². The van der Waals surface area contributed by atoms with Gasteiger partial charge in [0.15, 0.2) is 11.6 Å². The highest BCUT2D eigenvalue weighted by Gasteiger charge is 2.34. The van der Waals surface area contributed by atoms with Gasteiger partial charge in [0.1, 0.15) is 12.4 Å². The summed E-state index contributed by atoms with van der Waals surface area (Å²) in [6, 6.07) is 5.39. The number of benzene rings is 1. The molecule has 0 aliphatic heterocycles. The summed E-state index contributed by atoms with van der Waals surface area (Å²) in [4.78, 5) is 20.6. The molecule has 160 valence electrons. The Morgan fingerprint density at radius 1 is 1.32 bits per heavy atom.